The van der Waals surface area contributed by atoms with Gasteiger partial charge >= 0.3 is 0 Å². The van der Waals surface area contributed by atoms with Gasteiger partial charge in [0, 0.05) is 22.4 Å². The Balaban J connectivity index is 1.73. The molecule has 23 heavy (non-hydrogen) atoms. The Morgan fingerprint density at radius 1 is 1.22 bits per heavy atom. The lowest BCUT2D eigenvalue weighted by Crippen LogP contribution is -2.54. The van der Waals surface area contributed by atoms with Crippen LogP contribution in [-0.4, -0.2) is 27.7 Å². The van der Waals surface area contributed by atoms with Gasteiger partial charge in [-0.25, -0.2) is 4.99 Å². The molecule has 0 fully saturated rings. The molecular weight excluding hydrogens is 304 g/mol. The third kappa shape index (κ3) is 3.93. The van der Waals surface area contributed by atoms with E-state index in [1.165, 1.54) is 5.57 Å². The molecule has 3 rings (SSSR count). The van der Waals surface area contributed by atoms with Crippen molar-refractivity contribution >= 4 is 28.3 Å². The third-order valence-electron chi connectivity index (χ3n) is 4.08. The van der Waals surface area contributed by atoms with Gasteiger partial charge in [-0.1, -0.05) is 23.8 Å². The quantitative estimate of drug-likeness (QED) is 0.812. The molecule has 1 aromatic carbocycles. The lowest BCUT2D eigenvalue weighted by molar-refractivity contribution is 0.100. The summed E-state index contributed by atoms with van der Waals surface area (Å²) in [5, 5.41) is 4.58. The van der Waals surface area contributed by atoms with Crippen LogP contribution in [0.25, 0.3) is 0 Å². The first-order chi connectivity index (χ1) is 10.7. The summed E-state index contributed by atoms with van der Waals surface area (Å²) in [7, 11) is 0. The minimum absolute atomic E-state index is 0.00837. The Morgan fingerprint density at radius 3 is 2.70 bits per heavy atom. The Bertz CT molecular complexity index is 701. The van der Waals surface area contributed by atoms with E-state index in [1.807, 2.05) is 24.3 Å². The molecule has 2 aliphatic rings. The molecule has 0 unspecified atom stereocenters. The number of para-hydroxylation sites is 1. The molecule has 0 amide bonds. The monoisotopic (exact) mass is 328 g/mol. The lowest BCUT2D eigenvalue weighted by Gasteiger charge is -2.41. The summed E-state index contributed by atoms with van der Waals surface area (Å²) in [6, 6.07) is 7.62. The molecule has 0 atom stereocenters. The first-order valence-electron chi connectivity index (χ1n) is 8.07. The Labute approximate surface area is 142 Å². The minimum Gasteiger partial charge on any atom is -0.303 e. The van der Waals surface area contributed by atoms with Crippen molar-refractivity contribution in [1.29, 1.82) is 0 Å². The molecule has 1 N–H and O–H groups in total. The van der Waals surface area contributed by atoms with E-state index < -0.39 is 0 Å². The fourth-order valence-electron chi connectivity index (χ4n) is 3.65. The molecule has 0 spiro atoms. The molecule has 0 saturated carbocycles. The van der Waals surface area contributed by atoms with E-state index in [2.05, 4.69) is 44.1 Å². The lowest BCUT2D eigenvalue weighted by atomic mass is 9.84. The van der Waals surface area contributed by atoms with E-state index in [-0.39, 0.29) is 16.9 Å². The topological polar surface area (TPSA) is 41.5 Å². The van der Waals surface area contributed by atoms with Crippen molar-refractivity contribution in [1.82, 2.24) is 5.32 Å². The summed E-state index contributed by atoms with van der Waals surface area (Å²) in [6.07, 6.45) is 3.78. The molecule has 0 radical (unpaired) electrons. The zero-order valence-corrected chi connectivity index (χ0v) is 15.1. The van der Waals surface area contributed by atoms with Gasteiger partial charge < -0.3 is 5.32 Å². The van der Waals surface area contributed by atoms with Crippen LogP contribution in [0, 0.1) is 0 Å². The van der Waals surface area contributed by atoms with E-state index in [0.29, 0.717) is 6.42 Å². The number of ketones is 1. The number of Topliss-reactive ketones (excluding diaryl/α,β-unsaturated/α-hetero) is 1. The summed E-state index contributed by atoms with van der Waals surface area (Å²) in [5.74, 6) is 1.08. The molecule has 0 saturated heterocycles. The third-order valence-corrected chi connectivity index (χ3v) is 5.16. The fraction of sp³-hybridized carbons (Fsp3) is 0.474. The van der Waals surface area contributed by atoms with Crippen molar-refractivity contribution in [2.75, 3.05) is 5.75 Å². The molecular formula is C19H24N2OS. The van der Waals surface area contributed by atoms with E-state index in [1.54, 1.807) is 11.8 Å². The number of aliphatic imine (C=N–C) groups is 1. The van der Waals surface area contributed by atoms with Gasteiger partial charge in [-0.05, 0) is 46.2 Å². The van der Waals surface area contributed by atoms with E-state index in [9.17, 15) is 4.79 Å². The van der Waals surface area contributed by atoms with Gasteiger partial charge in [-0.2, -0.15) is 0 Å². The van der Waals surface area contributed by atoms with Gasteiger partial charge in [-0.15, -0.1) is 11.8 Å². The summed E-state index contributed by atoms with van der Waals surface area (Å²) < 4.78 is 0. The zero-order chi connectivity index (χ0) is 16.7. The van der Waals surface area contributed by atoms with Crippen molar-refractivity contribution in [3.05, 3.63) is 41.5 Å². The van der Waals surface area contributed by atoms with Crippen LogP contribution in [0.15, 0.2) is 40.9 Å². The highest BCUT2D eigenvalue weighted by Gasteiger charge is 2.32. The number of fused-ring (bicyclic) bond motifs is 1. The van der Waals surface area contributed by atoms with Crippen LogP contribution in [0.1, 0.15) is 50.9 Å². The predicted octanol–water partition coefficient (Wildman–Crippen LogP) is 4.51. The number of hydrogen-bond acceptors (Lipinski definition) is 4. The Morgan fingerprint density at radius 2 is 1.96 bits per heavy atom. The van der Waals surface area contributed by atoms with Crippen LogP contribution in [0.5, 0.6) is 0 Å². The molecule has 3 nitrogen and oxygen atoms in total. The minimum atomic E-state index is 0.00837. The maximum absolute atomic E-state index is 12.2. The number of nitrogens with one attached hydrogen (secondary N) is 1. The highest BCUT2D eigenvalue weighted by Crippen LogP contribution is 2.33. The average molecular weight is 328 g/mol. The first-order valence-corrected chi connectivity index (χ1v) is 9.05. The van der Waals surface area contributed by atoms with Crippen LogP contribution >= 0.6 is 11.8 Å². The van der Waals surface area contributed by atoms with Crippen molar-refractivity contribution in [3.63, 3.8) is 0 Å². The van der Waals surface area contributed by atoms with E-state index in [4.69, 9.17) is 0 Å². The number of nitrogens with zero attached hydrogens (tertiary/aromatic N) is 1. The van der Waals surface area contributed by atoms with Crippen LogP contribution in [0.4, 0.5) is 5.69 Å². The molecule has 4 heteroatoms. The van der Waals surface area contributed by atoms with Crippen molar-refractivity contribution in [2.24, 2.45) is 4.99 Å². The van der Waals surface area contributed by atoms with Crippen LogP contribution in [0.3, 0.4) is 0 Å². The standard InChI is InChI=1S/C19H24N2OS/c1-18(2)10-13(11-19(3,4)21-18)12-23-17-9-16(22)14-7-5-6-8-15(14)20-17/h5-8,10,21H,9,11-12H2,1-4H3. The summed E-state index contributed by atoms with van der Waals surface area (Å²) >= 11 is 1.71. The van der Waals surface area contributed by atoms with Crippen molar-refractivity contribution in [2.45, 2.75) is 51.6 Å². The van der Waals surface area contributed by atoms with Crippen LogP contribution in [-0.2, 0) is 0 Å². The molecule has 0 bridgehead atoms. The molecule has 1 aromatic rings. The molecule has 122 valence electrons. The van der Waals surface area contributed by atoms with Gasteiger partial charge in [0.1, 0.15) is 0 Å². The van der Waals surface area contributed by atoms with E-state index in [0.717, 1.165) is 28.5 Å². The van der Waals surface area contributed by atoms with Gasteiger partial charge in [0.05, 0.1) is 17.2 Å². The smallest absolute Gasteiger partial charge is 0.171 e. The largest absolute Gasteiger partial charge is 0.303 e. The number of thioether (sulfide) groups is 1. The second-order valence-electron chi connectivity index (χ2n) is 7.62. The number of carbonyl (C=O) groups excluding carboxylic acids is 1. The zero-order valence-electron chi connectivity index (χ0n) is 14.3. The molecule has 0 aromatic heterocycles. The second kappa shape index (κ2) is 5.91. The predicted molar refractivity (Wildman–Crippen MR) is 98.9 cm³/mol. The van der Waals surface area contributed by atoms with Gasteiger partial charge in [-0.3, -0.25) is 4.79 Å². The molecule has 2 aliphatic heterocycles. The van der Waals surface area contributed by atoms with Gasteiger partial charge in [0.2, 0.25) is 0 Å². The number of benzene rings is 1. The first kappa shape index (κ1) is 16.5. The summed E-state index contributed by atoms with van der Waals surface area (Å²) in [5.41, 5.74) is 3.10. The SMILES string of the molecule is CC1(C)C=C(CSC2=Nc3ccccc3C(=O)C2)CC(C)(C)N1. The Kier molecular flexibility index (Phi) is 4.23. The average Bonchev–Trinajstić information content (AvgIpc) is 2.42. The second-order valence-corrected chi connectivity index (χ2v) is 8.67. The summed E-state index contributed by atoms with van der Waals surface area (Å²) in [4.78, 5) is 16.9. The fourth-order valence-corrected chi connectivity index (χ4v) is 4.58. The highest BCUT2D eigenvalue weighted by molar-refractivity contribution is 8.14. The van der Waals surface area contributed by atoms with E-state index >= 15 is 0 Å². The molecule has 0 aliphatic carbocycles. The van der Waals surface area contributed by atoms with Gasteiger partial charge in [0.15, 0.2) is 5.78 Å². The van der Waals surface area contributed by atoms with Gasteiger partial charge in [0.25, 0.3) is 0 Å². The number of carbonyl (C=O) groups is 1. The number of rotatable bonds is 2. The van der Waals surface area contributed by atoms with Crippen molar-refractivity contribution in [3.8, 4) is 0 Å². The summed E-state index contributed by atoms with van der Waals surface area (Å²) in [6.45, 7) is 8.89. The van der Waals surface area contributed by atoms with Crippen LogP contribution in [0.2, 0.25) is 0 Å². The normalized spacial score (nSPS) is 22.2. The Hall–Kier alpha value is -1.39. The van der Waals surface area contributed by atoms with Crippen LogP contribution < -0.4 is 5.32 Å². The molecule has 2 heterocycles. The maximum atomic E-state index is 12.2. The maximum Gasteiger partial charge on any atom is 0.171 e. The number of hydrogen-bond donors (Lipinski definition) is 1. The van der Waals surface area contributed by atoms with Crippen molar-refractivity contribution < 1.29 is 4.79 Å². The highest BCUT2D eigenvalue weighted by atomic mass is 32.2.